The molecular weight excluding hydrogens is 288 g/mol. The minimum absolute atomic E-state index is 0.104. The molecule has 0 radical (unpaired) electrons. The van der Waals surface area contributed by atoms with Gasteiger partial charge in [-0.15, -0.1) is 6.58 Å². The lowest BCUT2D eigenvalue weighted by Gasteiger charge is -2.20. The second-order valence-corrected chi connectivity index (χ2v) is 6.13. The summed E-state index contributed by atoms with van der Waals surface area (Å²) in [5.41, 5.74) is 2.48. The Bertz CT molecular complexity index is 695. The molecule has 0 spiro atoms. The molecule has 0 unspecified atom stereocenters. The molecule has 3 atom stereocenters. The van der Waals surface area contributed by atoms with Gasteiger partial charge >= 0.3 is 0 Å². The Morgan fingerprint density at radius 1 is 1.04 bits per heavy atom. The van der Waals surface area contributed by atoms with Crippen molar-refractivity contribution < 1.29 is 14.2 Å². The van der Waals surface area contributed by atoms with E-state index in [1.165, 1.54) is 11.1 Å². The van der Waals surface area contributed by atoms with Crippen LogP contribution in [0.1, 0.15) is 17.2 Å². The van der Waals surface area contributed by atoms with Crippen LogP contribution in [-0.2, 0) is 11.2 Å². The Labute approximate surface area is 136 Å². The Hall–Kier alpha value is -2.26. The van der Waals surface area contributed by atoms with E-state index in [0.717, 1.165) is 24.5 Å². The molecule has 0 N–H and O–H groups in total. The van der Waals surface area contributed by atoms with Crippen LogP contribution in [0.2, 0.25) is 0 Å². The summed E-state index contributed by atoms with van der Waals surface area (Å²) in [5.74, 6) is 2.43. The maximum absolute atomic E-state index is 6.09. The van der Waals surface area contributed by atoms with E-state index < -0.39 is 0 Å². The van der Waals surface area contributed by atoms with Gasteiger partial charge in [-0.3, -0.25) is 0 Å². The molecule has 2 heterocycles. The molecule has 1 saturated heterocycles. The summed E-state index contributed by atoms with van der Waals surface area (Å²) < 4.78 is 16.9. The first-order chi connectivity index (χ1) is 11.3. The Kier molecular flexibility index (Phi) is 3.80. The molecule has 1 fully saturated rings. The lowest BCUT2D eigenvalue weighted by Crippen LogP contribution is -2.15. The van der Waals surface area contributed by atoms with Crippen LogP contribution < -0.4 is 9.47 Å². The third kappa shape index (κ3) is 2.73. The van der Waals surface area contributed by atoms with Gasteiger partial charge in [0.15, 0.2) is 11.5 Å². The van der Waals surface area contributed by atoms with Crippen LogP contribution in [0.15, 0.2) is 61.2 Å². The van der Waals surface area contributed by atoms with Gasteiger partial charge in [0, 0.05) is 5.92 Å². The van der Waals surface area contributed by atoms with E-state index in [2.05, 4.69) is 43.0 Å². The first-order valence-corrected chi connectivity index (χ1v) is 8.03. The summed E-state index contributed by atoms with van der Waals surface area (Å²) in [4.78, 5) is 0. The maximum Gasteiger partial charge on any atom is 0.231 e. The third-order valence-corrected chi connectivity index (χ3v) is 4.72. The molecule has 2 aliphatic rings. The topological polar surface area (TPSA) is 27.7 Å². The monoisotopic (exact) mass is 308 g/mol. The highest BCUT2D eigenvalue weighted by Gasteiger charge is 2.36. The van der Waals surface area contributed by atoms with Crippen LogP contribution in [0.25, 0.3) is 0 Å². The summed E-state index contributed by atoms with van der Waals surface area (Å²) in [7, 11) is 0. The summed E-state index contributed by atoms with van der Waals surface area (Å²) >= 11 is 0. The SMILES string of the molecule is C=C[C@@H]1[C@@H](Cc2ccc3c(c2)OCO3)CO[C@H]1c1ccccc1. The zero-order valence-corrected chi connectivity index (χ0v) is 13.0. The molecule has 0 bridgehead atoms. The molecule has 3 heteroatoms. The van der Waals surface area contributed by atoms with Gasteiger partial charge in [0.25, 0.3) is 0 Å². The minimum Gasteiger partial charge on any atom is -0.454 e. The number of hydrogen-bond acceptors (Lipinski definition) is 3. The highest BCUT2D eigenvalue weighted by atomic mass is 16.7. The Morgan fingerprint density at radius 2 is 1.87 bits per heavy atom. The number of fused-ring (bicyclic) bond motifs is 1. The molecule has 0 aromatic heterocycles. The minimum atomic E-state index is 0.104. The molecule has 0 amide bonds. The van der Waals surface area contributed by atoms with E-state index in [1.807, 2.05) is 18.2 Å². The second kappa shape index (κ2) is 6.09. The fraction of sp³-hybridized carbons (Fsp3) is 0.300. The van der Waals surface area contributed by atoms with Crippen molar-refractivity contribution in [3.63, 3.8) is 0 Å². The largest absolute Gasteiger partial charge is 0.454 e. The van der Waals surface area contributed by atoms with E-state index in [1.54, 1.807) is 0 Å². The summed E-state index contributed by atoms with van der Waals surface area (Å²) in [6.45, 7) is 5.11. The molecular formula is C20H20O3. The summed E-state index contributed by atoms with van der Waals surface area (Å²) in [5, 5.41) is 0. The van der Waals surface area contributed by atoms with E-state index in [0.29, 0.717) is 18.6 Å². The van der Waals surface area contributed by atoms with Crippen LogP contribution in [0, 0.1) is 11.8 Å². The number of benzene rings is 2. The van der Waals surface area contributed by atoms with Gasteiger partial charge in [-0.1, -0.05) is 42.5 Å². The van der Waals surface area contributed by atoms with Crippen LogP contribution in [0.3, 0.4) is 0 Å². The quantitative estimate of drug-likeness (QED) is 0.794. The van der Waals surface area contributed by atoms with Gasteiger partial charge in [0.1, 0.15) is 0 Å². The smallest absolute Gasteiger partial charge is 0.231 e. The van der Waals surface area contributed by atoms with Crippen molar-refractivity contribution in [1.82, 2.24) is 0 Å². The fourth-order valence-electron chi connectivity index (χ4n) is 3.54. The van der Waals surface area contributed by atoms with Crippen molar-refractivity contribution in [3.05, 3.63) is 72.3 Å². The summed E-state index contributed by atoms with van der Waals surface area (Å²) in [6, 6.07) is 16.6. The second-order valence-electron chi connectivity index (χ2n) is 6.13. The molecule has 118 valence electrons. The molecule has 2 aliphatic heterocycles. The van der Waals surface area contributed by atoms with E-state index in [-0.39, 0.29) is 6.10 Å². The normalized spacial score (nSPS) is 25.5. The molecule has 23 heavy (non-hydrogen) atoms. The average molecular weight is 308 g/mol. The van der Waals surface area contributed by atoms with Gasteiger partial charge in [-0.2, -0.15) is 0 Å². The van der Waals surface area contributed by atoms with Gasteiger partial charge in [0.2, 0.25) is 6.79 Å². The van der Waals surface area contributed by atoms with Gasteiger partial charge in [-0.25, -0.2) is 0 Å². The van der Waals surface area contributed by atoms with Crippen molar-refractivity contribution in [3.8, 4) is 11.5 Å². The predicted molar refractivity (Wildman–Crippen MR) is 88.6 cm³/mol. The van der Waals surface area contributed by atoms with Crippen molar-refractivity contribution in [1.29, 1.82) is 0 Å². The van der Waals surface area contributed by atoms with Gasteiger partial charge < -0.3 is 14.2 Å². The Balaban J connectivity index is 1.52. The first-order valence-electron chi connectivity index (χ1n) is 8.03. The lowest BCUT2D eigenvalue weighted by molar-refractivity contribution is 0.0977. The molecule has 2 aromatic carbocycles. The highest BCUT2D eigenvalue weighted by molar-refractivity contribution is 5.44. The lowest BCUT2D eigenvalue weighted by atomic mass is 9.84. The average Bonchev–Trinajstić information content (AvgIpc) is 3.21. The third-order valence-electron chi connectivity index (χ3n) is 4.72. The molecule has 0 aliphatic carbocycles. The van der Waals surface area contributed by atoms with E-state index in [4.69, 9.17) is 14.2 Å². The molecule has 4 rings (SSSR count). The first kappa shape index (κ1) is 14.3. The van der Waals surface area contributed by atoms with E-state index >= 15 is 0 Å². The van der Waals surface area contributed by atoms with Gasteiger partial charge in [-0.05, 0) is 35.6 Å². The fourth-order valence-corrected chi connectivity index (χ4v) is 3.54. The predicted octanol–water partition coefficient (Wildman–Crippen LogP) is 4.15. The molecule has 3 nitrogen and oxygen atoms in total. The summed E-state index contributed by atoms with van der Waals surface area (Å²) in [6.07, 6.45) is 3.10. The van der Waals surface area contributed by atoms with Crippen LogP contribution in [0.4, 0.5) is 0 Å². The van der Waals surface area contributed by atoms with Crippen LogP contribution in [-0.4, -0.2) is 13.4 Å². The van der Waals surface area contributed by atoms with E-state index in [9.17, 15) is 0 Å². The van der Waals surface area contributed by atoms with Crippen molar-refractivity contribution >= 4 is 0 Å². The van der Waals surface area contributed by atoms with Gasteiger partial charge in [0.05, 0.1) is 12.7 Å². The van der Waals surface area contributed by atoms with Crippen molar-refractivity contribution in [2.24, 2.45) is 11.8 Å². The molecule has 2 aromatic rings. The molecule has 0 saturated carbocycles. The Morgan fingerprint density at radius 3 is 2.70 bits per heavy atom. The number of ether oxygens (including phenoxy) is 3. The van der Waals surface area contributed by atoms with Crippen LogP contribution in [0.5, 0.6) is 11.5 Å². The highest BCUT2D eigenvalue weighted by Crippen LogP contribution is 2.41. The zero-order chi connectivity index (χ0) is 15.6. The van der Waals surface area contributed by atoms with Crippen molar-refractivity contribution in [2.45, 2.75) is 12.5 Å². The number of rotatable bonds is 4. The standard InChI is InChI=1S/C20H20O3/c1-2-17-16(12-21-20(17)15-6-4-3-5-7-15)10-14-8-9-18-19(11-14)23-13-22-18/h2-9,11,16-17,20H,1,10,12-13H2/t16-,17+,20-/m0/s1. The van der Waals surface area contributed by atoms with Crippen LogP contribution >= 0.6 is 0 Å². The van der Waals surface area contributed by atoms with Crippen molar-refractivity contribution in [2.75, 3.05) is 13.4 Å². The number of hydrogen-bond donors (Lipinski definition) is 0. The maximum atomic E-state index is 6.09. The zero-order valence-electron chi connectivity index (χ0n) is 13.0.